The Morgan fingerprint density at radius 3 is 2.43 bits per heavy atom. The van der Waals surface area contributed by atoms with Gasteiger partial charge in [-0.15, -0.1) is 0 Å². The summed E-state index contributed by atoms with van der Waals surface area (Å²) in [5.41, 5.74) is 7.37. The average molecular weight is 579 g/mol. The molecular formula is C29H34N6O7. The summed E-state index contributed by atoms with van der Waals surface area (Å²) in [7, 11) is 6.61. The van der Waals surface area contributed by atoms with E-state index in [0.717, 1.165) is 0 Å². The van der Waals surface area contributed by atoms with Crippen LogP contribution in [0.25, 0.3) is 0 Å². The number of carbonyl (C=O) groups excluding carboxylic acids is 3. The summed E-state index contributed by atoms with van der Waals surface area (Å²) in [5.74, 6) is -5.83. The molecule has 9 N–H and O–H groups in total. The van der Waals surface area contributed by atoms with Gasteiger partial charge in [0, 0.05) is 43.7 Å². The van der Waals surface area contributed by atoms with Crippen molar-refractivity contribution >= 4 is 29.0 Å². The minimum Gasteiger partial charge on any atom is -0.510 e. The second kappa shape index (κ2) is 9.82. The highest BCUT2D eigenvalue weighted by atomic mass is 16.4. The largest absolute Gasteiger partial charge is 0.510 e. The van der Waals surface area contributed by atoms with Crippen molar-refractivity contribution in [2.45, 2.75) is 36.6 Å². The molecule has 13 nitrogen and oxygen atoms in total. The molecule has 1 heterocycles. The van der Waals surface area contributed by atoms with Crippen LogP contribution in [-0.2, 0) is 22.6 Å². The number of ketones is 2. The fourth-order valence-electron chi connectivity index (χ4n) is 6.75. The van der Waals surface area contributed by atoms with Crippen LogP contribution in [0.1, 0.15) is 27.9 Å². The third kappa shape index (κ3) is 3.88. The van der Waals surface area contributed by atoms with Crippen molar-refractivity contribution < 1.29 is 34.8 Å². The van der Waals surface area contributed by atoms with E-state index in [-0.39, 0.29) is 36.3 Å². The van der Waals surface area contributed by atoms with Gasteiger partial charge in [0.15, 0.2) is 5.78 Å². The maximum atomic E-state index is 14.2. The van der Waals surface area contributed by atoms with Gasteiger partial charge < -0.3 is 42.1 Å². The molecule has 0 unspecified atom stereocenters. The summed E-state index contributed by atoms with van der Waals surface area (Å²) in [6.07, 6.45) is 1.50. The van der Waals surface area contributed by atoms with E-state index in [4.69, 9.17) is 11.5 Å². The second-order valence-corrected chi connectivity index (χ2v) is 11.5. The van der Waals surface area contributed by atoms with Crippen LogP contribution in [0.15, 0.2) is 53.1 Å². The molecule has 0 saturated carbocycles. The number of fused-ring (bicyclic) bond motifs is 3. The monoisotopic (exact) mass is 578 g/mol. The highest BCUT2D eigenvalue weighted by molar-refractivity contribution is 6.25. The van der Waals surface area contributed by atoms with Crippen LogP contribution in [0, 0.1) is 5.92 Å². The molecule has 13 heteroatoms. The Morgan fingerprint density at radius 1 is 1.17 bits per heavy atom. The number of anilines is 2. The molecule has 1 amide bonds. The molecule has 4 atom stereocenters. The number of phenolic OH excluding ortho intramolecular Hbond substituents is 1. The number of aromatic hydroxyl groups is 1. The van der Waals surface area contributed by atoms with E-state index in [1.165, 1.54) is 19.0 Å². The number of nitrogens with zero attached hydrogens (tertiary/aromatic N) is 3. The van der Waals surface area contributed by atoms with E-state index in [2.05, 4.69) is 10.3 Å². The number of carbonyl (C=O) groups is 3. The van der Waals surface area contributed by atoms with Gasteiger partial charge in [-0.05, 0) is 56.6 Å². The van der Waals surface area contributed by atoms with E-state index >= 15 is 0 Å². The van der Waals surface area contributed by atoms with E-state index in [1.54, 1.807) is 49.5 Å². The van der Waals surface area contributed by atoms with Crippen molar-refractivity contribution in [3.8, 4) is 5.75 Å². The Hall–Kier alpha value is -4.46. The summed E-state index contributed by atoms with van der Waals surface area (Å²) in [6, 6.07) is 5.74. The second-order valence-electron chi connectivity index (χ2n) is 11.5. The molecule has 0 fully saturated rings. The number of amides is 1. The molecule has 1 aromatic carbocycles. The van der Waals surface area contributed by atoms with Crippen LogP contribution in [0.2, 0.25) is 0 Å². The summed E-state index contributed by atoms with van der Waals surface area (Å²) in [4.78, 5) is 47.4. The molecule has 0 saturated heterocycles. The Kier molecular flexibility index (Phi) is 6.79. The lowest BCUT2D eigenvalue weighted by Crippen LogP contribution is -2.79. The zero-order valence-corrected chi connectivity index (χ0v) is 23.7. The first-order valence-electron chi connectivity index (χ1n) is 13.3. The molecule has 0 spiro atoms. The van der Waals surface area contributed by atoms with Crippen molar-refractivity contribution in [1.82, 2.24) is 9.88 Å². The Bertz CT molecular complexity index is 1580. The maximum absolute atomic E-state index is 14.2. The first kappa shape index (κ1) is 29.0. The normalized spacial score (nSPS) is 27.0. The fourth-order valence-corrected chi connectivity index (χ4v) is 6.75. The van der Waals surface area contributed by atoms with Gasteiger partial charge in [-0.1, -0.05) is 6.07 Å². The zero-order valence-electron chi connectivity index (χ0n) is 23.7. The Balaban J connectivity index is 1.70. The number of hydrogen-bond donors (Lipinski definition) is 7. The lowest BCUT2D eigenvalue weighted by molar-refractivity contribution is -0.152. The molecule has 1 aromatic heterocycles. The highest BCUT2D eigenvalue weighted by Crippen LogP contribution is 2.54. The number of aromatic nitrogens is 1. The summed E-state index contributed by atoms with van der Waals surface area (Å²) < 4.78 is 0. The molecule has 222 valence electrons. The summed E-state index contributed by atoms with van der Waals surface area (Å²) in [6.45, 7) is 0.115. The molecular weight excluding hydrogens is 544 g/mol. The number of phenols is 1. The average Bonchev–Trinajstić information content (AvgIpc) is 2.90. The van der Waals surface area contributed by atoms with E-state index < -0.39 is 57.7 Å². The quantitative estimate of drug-likeness (QED) is 0.230. The van der Waals surface area contributed by atoms with Crippen LogP contribution in [0.3, 0.4) is 0 Å². The van der Waals surface area contributed by atoms with Gasteiger partial charge in [-0.25, -0.2) is 4.98 Å². The van der Waals surface area contributed by atoms with Crippen molar-refractivity contribution in [3.05, 3.63) is 69.8 Å². The SMILES string of the molecule is CN(C)c1cc(CNc2ccccn2)c(O)c2c1C[C@H]1C[C@@]3(N)[C@@H](N(C)C)C(O)=C(C(N)=O)C(=O)[C@@]3(O)C(O)=C1C2=O. The van der Waals surface area contributed by atoms with Crippen LogP contribution in [0.4, 0.5) is 11.5 Å². The molecule has 3 aliphatic carbocycles. The Labute approximate surface area is 241 Å². The van der Waals surface area contributed by atoms with E-state index in [0.29, 0.717) is 22.6 Å². The van der Waals surface area contributed by atoms with Crippen LogP contribution >= 0.6 is 0 Å². The molecule has 3 aliphatic rings. The molecule has 2 aromatic rings. The van der Waals surface area contributed by atoms with E-state index in [9.17, 15) is 34.8 Å². The number of primary amides is 1. The topological polar surface area (TPSA) is 216 Å². The first-order valence-corrected chi connectivity index (χ1v) is 13.3. The lowest BCUT2D eigenvalue weighted by atomic mass is 9.54. The first-order chi connectivity index (χ1) is 19.7. The number of nitrogens with one attached hydrogen (secondary N) is 1. The number of pyridine rings is 1. The zero-order chi connectivity index (χ0) is 30.9. The molecule has 42 heavy (non-hydrogen) atoms. The fraction of sp³-hybridized carbons (Fsp3) is 0.379. The van der Waals surface area contributed by atoms with Crippen molar-refractivity contribution in [2.75, 3.05) is 38.4 Å². The standard InChI is InChI=1S/C29H34N6O7/c1-34(2)16-10-14(12-33-17-7-5-6-8-32-17)21(36)19-15(16)9-13-11-28(31)24(35(3)4)23(38)20(27(30)41)26(40)29(28,42)25(39)18(13)22(19)37/h5-8,10,13,24,36,38-39,42H,9,11-12,31H2,1-4H3,(H2,30,41)(H,32,33)/t13-,24-,28+,29-/m0/s1. The number of nitrogens with two attached hydrogens (primary N) is 2. The van der Waals surface area contributed by atoms with Gasteiger partial charge in [0.25, 0.3) is 5.91 Å². The predicted octanol–water partition coefficient (Wildman–Crippen LogP) is 0.275. The van der Waals surface area contributed by atoms with Gasteiger partial charge in [-0.3, -0.25) is 19.3 Å². The molecule has 0 bridgehead atoms. The number of Topliss-reactive ketones (excluding diaryl/α,β-unsaturated/α-hetero) is 2. The Morgan fingerprint density at radius 2 is 1.86 bits per heavy atom. The number of allylic oxidation sites excluding steroid dienone is 1. The van der Waals surface area contributed by atoms with Crippen molar-refractivity contribution in [3.63, 3.8) is 0 Å². The van der Waals surface area contributed by atoms with Crippen LogP contribution in [0.5, 0.6) is 5.75 Å². The van der Waals surface area contributed by atoms with Crippen LogP contribution in [-0.4, -0.2) is 93.2 Å². The minimum atomic E-state index is -2.96. The van der Waals surface area contributed by atoms with Crippen molar-refractivity contribution in [2.24, 2.45) is 17.4 Å². The van der Waals surface area contributed by atoms with Gasteiger partial charge in [0.1, 0.15) is 28.7 Å². The van der Waals surface area contributed by atoms with Gasteiger partial charge in [0.2, 0.25) is 11.4 Å². The molecule has 0 aliphatic heterocycles. The number of rotatable bonds is 6. The number of aliphatic hydroxyl groups excluding tert-OH is 2. The van der Waals surface area contributed by atoms with Gasteiger partial charge >= 0.3 is 0 Å². The van der Waals surface area contributed by atoms with E-state index in [1.807, 2.05) is 0 Å². The smallest absolute Gasteiger partial charge is 0.255 e. The minimum absolute atomic E-state index is 0.0779. The summed E-state index contributed by atoms with van der Waals surface area (Å²) >= 11 is 0. The maximum Gasteiger partial charge on any atom is 0.255 e. The van der Waals surface area contributed by atoms with Crippen LogP contribution < -0.4 is 21.7 Å². The third-order valence-corrected chi connectivity index (χ3v) is 8.58. The lowest BCUT2D eigenvalue weighted by Gasteiger charge is -2.56. The number of likely N-dealkylation sites (N-methyl/N-ethyl adjacent to an activating group) is 1. The van der Waals surface area contributed by atoms with Gasteiger partial charge in [-0.2, -0.15) is 0 Å². The number of hydrogen-bond acceptors (Lipinski definition) is 12. The van der Waals surface area contributed by atoms with Gasteiger partial charge in [0.05, 0.1) is 17.1 Å². The number of aliphatic hydroxyl groups is 3. The molecule has 5 rings (SSSR count). The van der Waals surface area contributed by atoms with Crippen molar-refractivity contribution in [1.29, 1.82) is 0 Å². The third-order valence-electron chi connectivity index (χ3n) is 8.58. The summed E-state index contributed by atoms with van der Waals surface area (Å²) in [5, 5.41) is 49.0. The predicted molar refractivity (Wildman–Crippen MR) is 153 cm³/mol. The number of benzene rings is 1. The highest BCUT2D eigenvalue weighted by Gasteiger charge is 2.70. The molecule has 0 radical (unpaired) electrons.